The quantitative estimate of drug-likeness (QED) is 0.674. The molecule has 1 heterocycles. The number of rotatable bonds is 4. The molecule has 7 heteroatoms. The predicted octanol–water partition coefficient (Wildman–Crippen LogP) is 3.46. The molecule has 0 aliphatic carbocycles. The van der Waals surface area contributed by atoms with Crippen LogP contribution in [0.3, 0.4) is 0 Å². The molecule has 7 nitrogen and oxygen atoms in total. The zero-order valence-electron chi connectivity index (χ0n) is 15.0. The first-order valence-corrected chi connectivity index (χ1v) is 8.65. The number of aromatic hydroxyl groups is 1. The lowest BCUT2D eigenvalue weighted by Gasteiger charge is -2.15. The molecule has 4 rings (SSSR count). The van der Waals surface area contributed by atoms with Crippen LogP contribution in [-0.4, -0.2) is 29.9 Å². The zero-order valence-corrected chi connectivity index (χ0v) is 15.0. The summed E-state index contributed by atoms with van der Waals surface area (Å²) >= 11 is 0. The van der Waals surface area contributed by atoms with Crippen LogP contribution in [0.15, 0.2) is 54.6 Å². The molecule has 2 N–H and O–H groups in total. The molecule has 0 spiro atoms. The average Bonchev–Trinajstić information content (AvgIpc) is 3.16. The van der Waals surface area contributed by atoms with Gasteiger partial charge in [0.15, 0.2) is 17.6 Å². The molecule has 0 aromatic heterocycles. The first-order valence-electron chi connectivity index (χ1n) is 8.65. The summed E-state index contributed by atoms with van der Waals surface area (Å²) in [5.41, 5.74) is 0.493. The maximum atomic E-state index is 12.4. The summed E-state index contributed by atoms with van der Waals surface area (Å²) in [6.07, 6.45) is -1.07. The van der Waals surface area contributed by atoms with Gasteiger partial charge in [0.05, 0.1) is 0 Å². The van der Waals surface area contributed by atoms with Crippen LogP contribution < -0.4 is 14.8 Å². The lowest BCUT2D eigenvalue weighted by Crippen LogP contribution is -2.30. The lowest BCUT2D eigenvalue weighted by atomic mass is 10.1. The van der Waals surface area contributed by atoms with Crippen molar-refractivity contribution in [3.63, 3.8) is 0 Å². The lowest BCUT2D eigenvalue weighted by molar-refractivity contribution is -0.123. The molecule has 3 aromatic rings. The van der Waals surface area contributed by atoms with Crippen LogP contribution in [0, 0.1) is 0 Å². The van der Waals surface area contributed by atoms with Crippen LogP contribution in [0.5, 0.6) is 17.2 Å². The fraction of sp³-hybridized carbons (Fsp3) is 0.143. The fourth-order valence-electron chi connectivity index (χ4n) is 2.92. The van der Waals surface area contributed by atoms with Gasteiger partial charge in [-0.15, -0.1) is 0 Å². The highest BCUT2D eigenvalue weighted by atomic mass is 16.7. The number of nitrogens with one attached hydrogen (secondary N) is 1. The van der Waals surface area contributed by atoms with E-state index in [0.717, 1.165) is 5.39 Å². The van der Waals surface area contributed by atoms with Gasteiger partial charge < -0.3 is 24.6 Å². The first kappa shape index (κ1) is 17.7. The van der Waals surface area contributed by atoms with Gasteiger partial charge in [0.25, 0.3) is 5.91 Å². The Morgan fingerprint density at radius 2 is 1.86 bits per heavy atom. The SMILES string of the molecule is C[C@H](OC(=O)c1ccc2ccccc2c1O)C(=O)Nc1ccc2c(c1)OCO2. The second kappa shape index (κ2) is 7.11. The summed E-state index contributed by atoms with van der Waals surface area (Å²) < 4.78 is 15.7. The molecule has 0 radical (unpaired) electrons. The number of hydrogen-bond donors (Lipinski definition) is 2. The molecule has 3 aromatic carbocycles. The summed E-state index contributed by atoms with van der Waals surface area (Å²) in [5, 5.41) is 14.4. The molecule has 1 aliphatic rings. The van der Waals surface area contributed by atoms with Crippen molar-refractivity contribution >= 4 is 28.3 Å². The number of benzene rings is 3. The maximum absolute atomic E-state index is 12.4. The van der Waals surface area contributed by atoms with Gasteiger partial charge in [-0.2, -0.15) is 0 Å². The summed E-state index contributed by atoms with van der Waals surface area (Å²) in [6.45, 7) is 1.59. The molecule has 28 heavy (non-hydrogen) atoms. The van der Waals surface area contributed by atoms with Gasteiger partial charge in [-0.3, -0.25) is 4.79 Å². The molecule has 0 unspecified atom stereocenters. The van der Waals surface area contributed by atoms with E-state index in [0.29, 0.717) is 22.6 Å². The molecule has 1 aliphatic heterocycles. The Labute approximate surface area is 160 Å². The number of hydrogen-bond acceptors (Lipinski definition) is 6. The second-order valence-corrected chi connectivity index (χ2v) is 6.29. The van der Waals surface area contributed by atoms with Crippen molar-refractivity contribution in [2.45, 2.75) is 13.0 Å². The van der Waals surface area contributed by atoms with Crippen LogP contribution in [-0.2, 0) is 9.53 Å². The number of ether oxygens (including phenoxy) is 3. The number of anilines is 1. The van der Waals surface area contributed by atoms with E-state index < -0.39 is 18.0 Å². The van der Waals surface area contributed by atoms with Crippen molar-refractivity contribution in [1.29, 1.82) is 0 Å². The van der Waals surface area contributed by atoms with E-state index in [4.69, 9.17) is 14.2 Å². The highest BCUT2D eigenvalue weighted by Gasteiger charge is 2.22. The first-order chi connectivity index (χ1) is 13.5. The van der Waals surface area contributed by atoms with E-state index in [1.807, 2.05) is 12.1 Å². The van der Waals surface area contributed by atoms with Crippen molar-refractivity contribution in [2.24, 2.45) is 0 Å². The molecule has 0 saturated heterocycles. The van der Waals surface area contributed by atoms with Crippen molar-refractivity contribution in [3.8, 4) is 17.2 Å². The minimum Gasteiger partial charge on any atom is -0.506 e. The highest BCUT2D eigenvalue weighted by molar-refractivity contribution is 6.02. The van der Waals surface area contributed by atoms with Crippen molar-refractivity contribution in [1.82, 2.24) is 0 Å². The molecular weight excluding hydrogens is 362 g/mol. The number of carbonyl (C=O) groups is 2. The minimum atomic E-state index is -1.07. The molecule has 1 amide bonds. The summed E-state index contributed by atoms with van der Waals surface area (Å²) in [6, 6.07) is 15.3. The van der Waals surface area contributed by atoms with Gasteiger partial charge in [0.2, 0.25) is 6.79 Å². The summed E-state index contributed by atoms with van der Waals surface area (Å²) in [4.78, 5) is 24.8. The Morgan fingerprint density at radius 1 is 1.07 bits per heavy atom. The van der Waals surface area contributed by atoms with Crippen LogP contribution in [0.25, 0.3) is 10.8 Å². The number of esters is 1. The average molecular weight is 379 g/mol. The third-order valence-electron chi connectivity index (χ3n) is 4.41. The Kier molecular flexibility index (Phi) is 4.49. The Bertz CT molecular complexity index is 1080. The number of amides is 1. The molecule has 0 fully saturated rings. The number of fused-ring (bicyclic) bond motifs is 2. The fourth-order valence-corrected chi connectivity index (χ4v) is 2.92. The van der Waals surface area contributed by atoms with E-state index in [1.165, 1.54) is 13.0 Å². The smallest absolute Gasteiger partial charge is 0.342 e. The molecule has 0 saturated carbocycles. The third kappa shape index (κ3) is 3.29. The van der Waals surface area contributed by atoms with Gasteiger partial charge in [-0.1, -0.05) is 30.3 Å². The highest BCUT2D eigenvalue weighted by Crippen LogP contribution is 2.34. The summed E-state index contributed by atoms with van der Waals surface area (Å²) in [7, 11) is 0. The van der Waals surface area contributed by atoms with Crippen molar-refractivity contribution < 1.29 is 28.9 Å². The number of phenols is 1. The largest absolute Gasteiger partial charge is 0.506 e. The standard InChI is InChI=1S/C21H17NO6/c1-12(20(24)22-14-7-9-17-18(10-14)27-11-26-17)28-21(25)16-8-6-13-4-2-3-5-15(13)19(16)23/h2-10,12,23H,11H2,1H3,(H,22,24)/t12-/m0/s1. The van der Waals surface area contributed by atoms with Gasteiger partial charge in [0, 0.05) is 17.1 Å². The second-order valence-electron chi connectivity index (χ2n) is 6.29. The van der Waals surface area contributed by atoms with Crippen molar-refractivity contribution in [3.05, 3.63) is 60.2 Å². The van der Waals surface area contributed by atoms with E-state index >= 15 is 0 Å². The molecular formula is C21H17NO6. The van der Waals surface area contributed by atoms with E-state index in [1.54, 1.807) is 36.4 Å². The van der Waals surface area contributed by atoms with Gasteiger partial charge >= 0.3 is 5.97 Å². The normalized spacial score (nSPS) is 13.2. The van der Waals surface area contributed by atoms with Crippen LogP contribution >= 0.6 is 0 Å². The van der Waals surface area contributed by atoms with E-state index in [9.17, 15) is 14.7 Å². The maximum Gasteiger partial charge on any atom is 0.342 e. The Balaban J connectivity index is 1.45. The molecule has 1 atom stereocenters. The van der Waals surface area contributed by atoms with Crippen LogP contribution in [0.4, 0.5) is 5.69 Å². The van der Waals surface area contributed by atoms with Crippen LogP contribution in [0.2, 0.25) is 0 Å². The van der Waals surface area contributed by atoms with E-state index in [2.05, 4.69) is 5.32 Å². The molecule has 142 valence electrons. The predicted molar refractivity (Wildman–Crippen MR) is 102 cm³/mol. The third-order valence-corrected chi connectivity index (χ3v) is 4.41. The van der Waals surface area contributed by atoms with Gasteiger partial charge in [-0.05, 0) is 30.5 Å². The van der Waals surface area contributed by atoms with Crippen LogP contribution in [0.1, 0.15) is 17.3 Å². The Hall–Kier alpha value is -3.74. The number of phenolic OH excluding ortho intramolecular Hbond substituents is 1. The van der Waals surface area contributed by atoms with Gasteiger partial charge in [-0.25, -0.2) is 4.79 Å². The molecule has 0 bridgehead atoms. The van der Waals surface area contributed by atoms with Crippen molar-refractivity contribution in [2.75, 3.05) is 12.1 Å². The minimum absolute atomic E-state index is 0.00132. The monoisotopic (exact) mass is 379 g/mol. The summed E-state index contributed by atoms with van der Waals surface area (Å²) in [5.74, 6) is -0.330. The number of carbonyl (C=O) groups excluding carboxylic acids is 2. The van der Waals surface area contributed by atoms with E-state index in [-0.39, 0.29) is 18.1 Å². The Morgan fingerprint density at radius 3 is 2.71 bits per heavy atom. The zero-order chi connectivity index (χ0) is 19.7. The van der Waals surface area contributed by atoms with Gasteiger partial charge in [0.1, 0.15) is 11.3 Å². The topological polar surface area (TPSA) is 94.1 Å².